The van der Waals surface area contributed by atoms with Crippen molar-refractivity contribution < 1.29 is 18.7 Å². The van der Waals surface area contributed by atoms with Gasteiger partial charge >= 0.3 is 5.97 Å². The molecule has 7 heteroatoms. The van der Waals surface area contributed by atoms with Gasteiger partial charge in [0, 0.05) is 23.7 Å². The fourth-order valence-corrected chi connectivity index (χ4v) is 4.38. The second-order valence-corrected chi connectivity index (χ2v) is 9.23. The summed E-state index contributed by atoms with van der Waals surface area (Å²) >= 11 is 0. The van der Waals surface area contributed by atoms with E-state index in [4.69, 9.17) is 9.84 Å². The number of carbonyl (C=O) groups excluding carboxylic acids is 2. The largest absolute Gasteiger partial charge is 0.407 e. The van der Waals surface area contributed by atoms with Crippen molar-refractivity contribution >= 4 is 17.6 Å². The third-order valence-electron chi connectivity index (χ3n) is 6.26. The zero-order chi connectivity index (χ0) is 27.5. The molecule has 6 nitrogen and oxygen atoms in total. The molecule has 4 aromatic carbocycles. The molecule has 1 amide bonds. The van der Waals surface area contributed by atoms with E-state index in [0.717, 1.165) is 27.9 Å². The van der Waals surface area contributed by atoms with Gasteiger partial charge in [0.15, 0.2) is 0 Å². The number of rotatable bonds is 6. The van der Waals surface area contributed by atoms with E-state index in [0.29, 0.717) is 28.4 Å². The van der Waals surface area contributed by atoms with Gasteiger partial charge in [0.1, 0.15) is 11.5 Å². The highest BCUT2D eigenvalue weighted by Gasteiger charge is 2.25. The minimum Gasteiger partial charge on any atom is -0.407 e. The van der Waals surface area contributed by atoms with Gasteiger partial charge in [-0.25, -0.2) is 4.39 Å². The maximum Gasteiger partial charge on any atom is 0.309 e. The van der Waals surface area contributed by atoms with Crippen molar-refractivity contribution in [3.63, 3.8) is 0 Å². The van der Waals surface area contributed by atoms with Crippen LogP contribution in [0.5, 0.6) is 5.88 Å². The van der Waals surface area contributed by atoms with E-state index in [2.05, 4.69) is 5.32 Å². The van der Waals surface area contributed by atoms with Gasteiger partial charge in [-0.1, -0.05) is 54.1 Å². The standard InChI is InChI=1S/C32H26FN3O3/c1-20-7-6-9-25(19-20)30-29(32(39-22(3)37)36(35-30)28-10-5-4-8-21(28)2)23-13-17-27(18-14-23)34-31(38)24-11-15-26(33)16-12-24/h4-19H,1-3H3,(H,34,38). The third kappa shape index (κ3) is 5.48. The molecule has 0 atom stereocenters. The number of hydrogen-bond donors (Lipinski definition) is 1. The molecule has 1 aromatic heterocycles. The predicted octanol–water partition coefficient (Wildman–Crippen LogP) is 7.14. The SMILES string of the molecule is CC(=O)Oc1c(-c2ccc(NC(=O)c3ccc(F)cc3)cc2)c(-c2cccc(C)c2)nn1-c1ccccc1C. The Labute approximate surface area is 225 Å². The minimum absolute atomic E-state index is 0.302. The number of halogens is 1. The number of nitrogens with one attached hydrogen (secondary N) is 1. The molecule has 0 aliphatic heterocycles. The molecule has 0 fully saturated rings. The summed E-state index contributed by atoms with van der Waals surface area (Å²) < 4.78 is 20.7. The number of hydrogen-bond acceptors (Lipinski definition) is 4. The number of aryl methyl sites for hydroxylation is 2. The van der Waals surface area contributed by atoms with Crippen LogP contribution in [0, 0.1) is 19.7 Å². The molecule has 0 saturated carbocycles. The summed E-state index contributed by atoms with van der Waals surface area (Å²) in [6.45, 7) is 5.34. The molecule has 0 aliphatic carbocycles. The monoisotopic (exact) mass is 519 g/mol. The summed E-state index contributed by atoms with van der Waals surface area (Å²) in [6, 6.07) is 28.3. The van der Waals surface area contributed by atoms with Gasteiger partial charge in [0.2, 0.25) is 5.88 Å². The first-order chi connectivity index (χ1) is 18.8. The van der Waals surface area contributed by atoms with Crippen LogP contribution in [0.1, 0.15) is 28.4 Å². The highest BCUT2D eigenvalue weighted by molar-refractivity contribution is 6.04. The first-order valence-corrected chi connectivity index (χ1v) is 12.4. The van der Waals surface area contributed by atoms with E-state index in [-0.39, 0.29) is 5.91 Å². The zero-order valence-electron chi connectivity index (χ0n) is 21.7. The fourth-order valence-electron chi connectivity index (χ4n) is 4.38. The van der Waals surface area contributed by atoms with Crippen molar-refractivity contribution in [3.8, 4) is 34.0 Å². The maximum atomic E-state index is 13.2. The number of amides is 1. The van der Waals surface area contributed by atoms with Gasteiger partial charge in [-0.2, -0.15) is 9.78 Å². The van der Waals surface area contributed by atoms with Crippen molar-refractivity contribution in [3.05, 3.63) is 120 Å². The topological polar surface area (TPSA) is 73.2 Å². The number of carbonyl (C=O) groups is 2. The number of benzene rings is 4. The van der Waals surface area contributed by atoms with Crippen molar-refractivity contribution in [1.29, 1.82) is 0 Å². The first-order valence-electron chi connectivity index (χ1n) is 12.4. The molecule has 1 N–H and O–H groups in total. The lowest BCUT2D eigenvalue weighted by molar-refractivity contribution is -0.132. The van der Waals surface area contributed by atoms with E-state index in [1.54, 1.807) is 16.8 Å². The summed E-state index contributed by atoms with van der Waals surface area (Å²) in [4.78, 5) is 24.9. The molecule has 0 radical (unpaired) electrons. The Hall–Kier alpha value is -5.04. The Morgan fingerprint density at radius 1 is 0.846 bits per heavy atom. The number of nitrogens with zero attached hydrogens (tertiary/aromatic N) is 2. The Kier molecular flexibility index (Phi) is 7.06. The highest BCUT2D eigenvalue weighted by atomic mass is 19.1. The minimum atomic E-state index is -0.468. The first kappa shape index (κ1) is 25.6. The molecule has 194 valence electrons. The van der Waals surface area contributed by atoms with Crippen LogP contribution in [0.2, 0.25) is 0 Å². The molecule has 0 aliphatic rings. The van der Waals surface area contributed by atoms with Crippen molar-refractivity contribution in [1.82, 2.24) is 9.78 Å². The van der Waals surface area contributed by atoms with Crippen molar-refractivity contribution in [2.24, 2.45) is 0 Å². The Balaban J connectivity index is 1.62. The lowest BCUT2D eigenvalue weighted by Gasteiger charge is -2.12. The number of anilines is 1. The molecule has 1 heterocycles. The zero-order valence-corrected chi connectivity index (χ0v) is 21.7. The van der Waals surface area contributed by atoms with Crippen LogP contribution in [0.25, 0.3) is 28.1 Å². The van der Waals surface area contributed by atoms with Gasteiger partial charge in [-0.3, -0.25) is 9.59 Å². The average Bonchev–Trinajstić information content (AvgIpc) is 3.28. The third-order valence-corrected chi connectivity index (χ3v) is 6.26. The number of para-hydroxylation sites is 1. The predicted molar refractivity (Wildman–Crippen MR) is 150 cm³/mol. The normalized spacial score (nSPS) is 10.8. The lowest BCUT2D eigenvalue weighted by atomic mass is 10.00. The Bertz CT molecular complexity index is 1670. The summed E-state index contributed by atoms with van der Waals surface area (Å²) in [7, 11) is 0. The van der Waals surface area contributed by atoms with E-state index in [1.165, 1.54) is 31.2 Å². The van der Waals surface area contributed by atoms with Crippen LogP contribution in [0.15, 0.2) is 97.1 Å². The molecule has 0 unspecified atom stereocenters. The second-order valence-electron chi connectivity index (χ2n) is 9.23. The van der Waals surface area contributed by atoms with Crippen LogP contribution in [-0.2, 0) is 4.79 Å². The summed E-state index contributed by atoms with van der Waals surface area (Å²) in [5.41, 5.74) is 6.66. The van der Waals surface area contributed by atoms with E-state index in [9.17, 15) is 14.0 Å². The van der Waals surface area contributed by atoms with Gasteiger partial charge in [-0.05, 0) is 73.5 Å². The average molecular weight is 520 g/mol. The van der Waals surface area contributed by atoms with Crippen LogP contribution < -0.4 is 10.1 Å². The van der Waals surface area contributed by atoms with Crippen LogP contribution >= 0.6 is 0 Å². The van der Waals surface area contributed by atoms with E-state index in [1.807, 2.05) is 74.5 Å². The summed E-state index contributed by atoms with van der Waals surface area (Å²) in [5, 5.41) is 7.77. The summed E-state index contributed by atoms with van der Waals surface area (Å²) in [5.74, 6) is -0.923. The maximum absolute atomic E-state index is 13.2. The Morgan fingerprint density at radius 3 is 2.23 bits per heavy atom. The van der Waals surface area contributed by atoms with Crippen LogP contribution in [0.4, 0.5) is 10.1 Å². The lowest BCUT2D eigenvalue weighted by Crippen LogP contribution is -2.11. The molecule has 5 aromatic rings. The summed E-state index contributed by atoms with van der Waals surface area (Å²) in [6.07, 6.45) is 0. The van der Waals surface area contributed by atoms with Gasteiger partial charge in [-0.15, -0.1) is 0 Å². The number of ether oxygens (including phenoxy) is 1. The van der Waals surface area contributed by atoms with Crippen LogP contribution in [0.3, 0.4) is 0 Å². The number of aromatic nitrogens is 2. The fraction of sp³-hybridized carbons (Fsp3) is 0.0938. The van der Waals surface area contributed by atoms with Gasteiger partial charge < -0.3 is 10.1 Å². The molecule has 5 rings (SSSR count). The Morgan fingerprint density at radius 2 is 1.56 bits per heavy atom. The smallest absolute Gasteiger partial charge is 0.309 e. The van der Waals surface area contributed by atoms with Gasteiger partial charge in [0.05, 0.1) is 11.3 Å². The molecule has 0 bridgehead atoms. The van der Waals surface area contributed by atoms with E-state index >= 15 is 0 Å². The molecular weight excluding hydrogens is 493 g/mol. The van der Waals surface area contributed by atoms with Gasteiger partial charge in [0.25, 0.3) is 5.91 Å². The van der Waals surface area contributed by atoms with E-state index < -0.39 is 11.8 Å². The number of esters is 1. The van der Waals surface area contributed by atoms with Crippen LogP contribution in [-0.4, -0.2) is 21.7 Å². The van der Waals surface area contributed by atoms with Crippen molar-refractivity contribution in [2.45, 2.75) is 20.8 Å². The molecule has 39 heavy (non-hydrogen) atoms. The van der Waals surface area contributed by atoms with Crippen molar-refractivity contribution in [2.75, 3.05) is 5.32 Å². The molecular formula is C32H26FN3O3. The highest BCUT2D eigenvalue weighted by Crippen LogP contribution is 2.41. The molecule has 0 spiro atoms. The molecule has 0 saturated heterocycles. The quantitative estimate of drug-likeness (QED) is 0.242. The second kappa shape index (κ2) is 10.8.